The number of carbonyl (C=O) groups excluding carboxylic acids is 1. The predicted molar refractivity (Wildman–Crippen MR) is 93.8 cm³/mol. The standard InChI is InChI=1S/C19H19NO5/c1-14(13-25-17-9-7-16(8-10-17)20(22)23)11-12-24-19(21)18-6-4-3-5-15(18)2/h3-11H,12-13H2,1-2H3. The second-order valence-electron chi connectivity index (χ2n) is 5.50. The number of hydrogen-bond acceptors (Lipinski definition) is 5. The van der Waals surface area contributed by atoms with E-state index in [-0.39, 0.29) is 18.3 Å². The number of nitrogens with zero attached hydrogens (tertiary/aromatic N) is 1. The van der Waals surface area contributed by atoms with Crippen molar-refractivity contribution in [3.8, 4) is 5.75 Å². The number of ether oxygens (including phenoxy) is 2. The molecule has 0 aliphatic carbocycles. The Hall–Kier alpha value is -3.15. The Morgan fingerprint density at radius 1 is 1.16 bits per heavy atom. The first-order valence-corrected chi connectivity index (χ1v) is 7.73. The van der Waals surface area contributed by atoms with E-state index in [0.29, 0.717) is 17.9 Å². The molecule has 2 rings (SSSR count). The topological polar surface area (TPSA) is 78.7 Å². The van der Waals surface area contributed by atoms with Gasteiger partial charge in [-0.05, 0) is 49.3 Å². The van der Waals surface area contributed by atoms with Gasteiger partial charge in [0.1, 0.15) is 19.0 Å². The van der Waals surface area contributed by atoms with E-state index >= 15 is 0 Å². The minimum Gasteiger partial charge on any atom is -0.489 e. The van der Waals surface area contributed by atoms with E-state index in [0.717, 1.165) is 11.1 Å². The normalized spacial score (nSPS) is 11.0. The third-order valence-electron chi connectivity index (χ3n) is 3.53. The number of nitro groups is 1. The zero-order valence-corrected chi connectivity index (χ0v) is 14.1. The van der Waals surface area contributed by atoms with Crippen molar-refractivity contribution >= 4 is 11.7 Å². The van der Waals surface area contributed by atoms with Gasteiger partial charge in [-0.3, -0.25) is 10.1 Å². The van der Waals surface area contributed by atoms with Gasteiger partial charge in [-0.1, -0.05) is 18.2 Å². The number of nitro benzene ring substituents is 1. The highest BCUT2D eigenvalue weighted by Crippen LogP contribution is 2.17. The van der Waals surface area contributed by atoms with Crippen LogP contribution in [0.1, 0.15) is 22.8 Å². The van der Waals surface area contributed by atoms with Gasteiger partial charge in [-0.15, -0.1) is 0 Å². The van der Waals surface area contributed by atoms with Gasteiger partial charge in [0, 0.05) is 12.1 Å². The summed E-state index contributed by atoms with van der Waals surface area (Å²) in [5.41, 5.74) is 2.32. The smallest absolute Gasteiger partial charge is 0.338 e. The number of esters is 1. The van der Waals surface area contributed by atoms with Gasteiger partial charge < -0.3 is 9.47 Å². The largest absolute Gasteiger partial charge is 0.489 e. The summed E-state index contributed by atoms with van der Waals surface area (Å²) in [5.74, 6) is 0.175. The van der Waals surface area contributed by atoms with Crippen LogP contribution in [0, 0.1) is 17.0 Å². The van der Waals surface area contributed by atoms with E-state index in [2.05, 4.69) is 0 Å². The molecule has 0 aliphatic rings. The average molecular weight is 341 g/mol. The minimum atomic E-state index is -0.461. The molecule has 0 unspecified atom stereocenters. The van der Waals surface area contributed by atoms with Gasteiger partial charge in [0.25, 0.3) is 5.69 Å². The van der Waals surface area contributed by atoms with Crippen LogP contribution in [0.15, 0.2) is 60.2 Å². The SMILES string of the molecule is CC(=CCOC(=O)c1ccccc1C)COc1ccc([N+](=O)[O-])cc1. The summed E-state index contributed by atoms with van der Waals surface area (Å²) in [6, 6.07) is 13.1. The lowest BCUT2D eigenvalue weighted by Gasteiger charge is -2.07. The molecule has 0 heterocycles. The summed E-state index contributed by atoms with van der Waals surface area (Å²) in [7, 11) is 0. The molecule has 130 valence electrons. The lowest BCUT2D eigenvalue weighted by molar-refractivity contribution is -0.384. The molecule has 0 saturated heterocycles. The second-order valence-corrected chi connectivity index (χ2v) is 5.50. The third-order valence-corrected chi connectivity index (χ3v) is 3.53. The number of rotatable bonds is 7. The van der Waals surface area contributed by atoms with Gasteiger partial charge in [0.05, 0.1) is 10.5 Å². The van der Waals surface area contributed by atoms with Crippen molar-refractivity contribution in [1.82, 2.24) is 0 Å². The molecule has 0 aliphatic heterocycles. The number of benzene rings is 2. The van der Waals surface area contributed by atoms with Crippen molar-refractivity contribution in [1.29, 1.82) is 0 Å². The van der Waals surface area contributed by atoms with Crippen LogP contribution in [0.3, 0.4) is 0 Å². The van der Waals surface area contributed by atoms with Crippen LogP contribution >= 0.6 is 0 Å². The maximum absolute atomic E-state index is 12.0. The van der Waals surface area contributed by atoms with Crippen LogP contribution in [0.25, 0.3) is 0 Å². The predicted octanol–water partition coefficient (Wildman–Crippen LogP) is 4.09. The Kier molecular flexibility index (Phi) is 6.28. The van der Waals surface area contributed by atoms with Gasteiger partial charge in [0.15, 0.2) is 0 Å². The molecule has 0 fully saturated rings. The molecule has 0 amide bonds. The Bertz CT molecular complexity index is 781. The van der Waals surface area contributed by atoms with Crippen molar-refractivity contribution in [3.63, 3.8) is 0 Å². The molecule has 2 aromatic carbocycles. The summed E-state index contributed by atoms with van der Waals surface area (Å²) in [5, 5.41) is 10.6. The van der Waals surface area contributed by atoms with E-state index < -0.39 is 4.92 Å². The molecule has 0 spiro atoms. The van der Waals surface area contributed by atoms with Crippen LogP contribution in [-0.2, 0) is 4.74 Å². The van der Waals surface area contributed by atoms with Crippen LogP contribution in [0.5, 0.6) is 5.75 Å². The Labute approximate surface area is 145 Å². The summed E-state index contributed by atoms with van der Waals surface area (Å²) < 4.78 is 10.8. The summed E-state index contributed by atoms with van der Waals surface area (Å²) >= 11 is 0. The van der Waals surface area contributed by atoms with E-state index in [1.165, 1.54) is 12.1 Å². The van der Waals surface area contributed by atoms with Gasteiger partial charge >= 0.3 is 5.97 Å². The number of carbonyl (C=O) groups is 1. The average Bonchev–Trinajstić information content (AvgIpc) is 2.60. The lowest BCUT2D eigenvalue weighted by Crippen LogP contribution is -2.08. The molecule has 6 nitrogen and oxygen atoms in total. The monoisotopic (exact) mass is 341 g/mol. The number of hydrogen-bond donors (Lipinski definition) is 0. The lowest BCUT2D eigenvalue weighted by atomic mass is 10.1. The molecule has 0 atom stereocenters. The Morgan fingerprint density at radius 2 is 1.84 bits per heavy atom. The molecule has 2 aromatic rings. The van der Waals surface area contributed by atoms with Crippen molar-refractivity contribution in [2.24, 2.45) is 0 Å². The third kappa shape index (κ3) is 5.46. The maximum atomic E-state index is 12.0. The number of non-ortho nitro benzene ring substituents is 1. The zero-order chi connectivity index (χ0) is 18.2. The Morgan fingerprint density at radius 3 is 2.48 bits per heavy atom. The van der Waals surface area contributed by atoms with Gasteiger partial charge in [-0.25, -0.2) is 4.79 Å². The van der Waals surface area contributed by atoms with Crippen molar-refractivity contribution in [2.45, 2.75) is 13.8 Å². The first-order valence-electron chi connectivity index (χ1n) is 7.73. The molecule has 6 heteroatoms. The first-order chi connectivity index (χ1) is 12.0. The summed E-state index contributed by atoms with van der Waals surface area (Å²) in [6.45, 7) is 4.17. The fourth-order valence-corrected chi connectivity index (χ4v) is 2.06. The van der Waals surface area contributed by atoms with Crippen molar-refractivity contribution in [3.05, 3.63) is 81.4 Å². The molecule has 0 radical (unpaired) electrons. The van der Waals surface area contributed by atoms with E-state index in [1.807, 2.05) is 26.0 Å². The fourth-order valence-electron chi connectivity index (χ4n) is 2.06. The van der Waals surface area contributed by atoms with Crippen LogP contribution < -0.4 is 4.74 Å². The van der Waals surface area contributed by atoms with Crippen LogP contribution in [0.4, 0.5) is 5.69 Å². The molecular weight excluding hydrogens is 322 g/mol. The highest BCUT2D eigenvalue weighted by Gasteiger charge is 2.08. The van der Waals surface area contributed by atoms with Gasteiger partial charge in [-0.2, -0.15) is 0 Å². The minimum absolute atomic E-state index is 0.0164. The first kappa shape index (κ1) is 18.2. The summed E-state index contributed by atoms with van der Waals surface area (Å²) in [6.07, 6.45) is 1.77. The molecule has 0 saturated carbocycles. The van der Waals surface area contributed by atoms with E-state index in [4.69, 9.17) is 9.47 Å². The maximum Gasteiger partial charge on any atom is 0.338 e. The highest BCUT2D eigenvalue weighted by atomic mass is 16.6. The fraction of sp³-hybridized carbons (Fsp3) is 0.211. The molecule has 25 heavy (non-hydrogen) atoms. The molecule has 0 bridgehead atoms. The van der Waals surface area contributed by atoms with Crippen LogP contribution in [0.2, 0.25) is 0 Å². The van der Waals surface area contributed by atoms with E-state index in [9.17, 15) is 14.9 Å². The highest BCUT2D eigenvalue weighted by molar-refractivity contribution is 5.91. The second kappa shape index (κ2) is 8.63. The van der Waals surface area contributed by atoms with Crippen LogP contribution in [-0.4, -0.2) is 24.1 Å². The zero-order valence-electron chi connectivity index (χ0n) is 14.1. The van der Waals surface area contributed by atoms with Crippen molar-refractivity contribution < 1.29 is 19.2 Å². The van der Waals surface area contributed by atoms with Crippen molar-refractivity contribution in [2.75, 3.05) is 13.2 Å². The number of aryl methyl sites for hydroxylation is 1. The molecule has 0 N–H and O–H groups in total. The molecule has 0 aromatic heterocycles. The molecular formula is C19H19NO5. The Balaban J connectivity index is 1.80. The van der Waals surface area contributed by atoms with Gasteiger partial charge in [0.2, 0.25) is 0 Å². The van der Waals surface area contributed by atoms with E-state index in [1.54, 1.807) is 30.3 Å². The quantitative estimate of drug-likeness (QED) is 0.328. The summed E-state index contributed by atoms with van der Waals surface area (Å²) in [4.78, 5) is 22.1.